The molecule has 106 valence electrons. The summed E-state index contributed by atoms with van der Waals surface area (Å²) in [6.07, 6.45) is 0. The van der Waals surface area contributed by atoms with Gasteiger partial charge in [-0.05, 0) is 42.8 Å². The number of hydrogen-bond donors (Lipinski definition) is 0. The number of fused-ring (bicyclic) bond motifs is 1. The van der Waals surface area contributed by atoms with E-state index in [1.165, 1.54) is 12.1 Å². The van der Waals surface area contributed by atoms with Gasteiger partial charge in [0.2, 0.25) is 0 Å². The SMILES string of the molecule is C=C(C)c1cc(Cl)c2nc(-c3ccc(F)cc3)n(C)c2n1. The first kappa shape index (κ1) is 13.8. The van der Waals surface area contributed by atoms with Crippen molar-refractivity contribution in [2.45, 2.75) is 6.92 Å². The van der Waals surface area contributed by atoms with Gasteiger partial charge in [0.15, 0.2) is 5.65 Å². The number of imidazole rings is 1. The lowest BCUT2D eigenvalue weighted by atomic mass is 10.2. The number of aromatic nitrogens is 3. The van der Waals surface area contributed by atoms with Crippen molar-refractivity contribution in [3.8, 4) is 11.4 Å². The van der Waals surface area contributed by atoms with E-state index in [1.54, 1.807) is 18.2 Å². The van der Waals surface area contributed by atoms with Gasteiger partial charge in [-0.1, -0.05) is 18.2 Å². The summed E-state index contributed by atoms with van der Waals surface area (Å²) < 4.78 is 14.9. The van der Waals surface area contributed by atoms with Crippen LogP contribution in [0.25, 0.3) is 28.1 Å². The molecule has 1 aromatic carbocycles. The Morgan fingerprint density at radius 3 is 2.52 bits per heavy atom. The van der Waals surface area contributed by atoms with Crippen molar-refractivity contribution in [2.75, 3.05) is 0 Å². The third-order valence-electron chi connectivity index (χ3n) is 3.32. The molecule has 3 aromatic rings. The summed E-state index contributed by atoms with van der Waals surface area (Å²) >= 11 is 6.29. The number of benzene rings is 1. The van der Waals surface area contributed by atoms with Crippen molar-refractivity contribution in [1.82, 2.24) is 14.5 Å². The summed E-state index contributed by atoms with van der Waals surface area (Å²) in [5.41, 5.74) is 3.69. The average molecular weight is 302 g/mol. The van der Waals surface area contributed by atoms with Crippen LogP contribution in [0.3, 0.4) is 0 Å². The predicted molar refractivity (Wildman–Crippen MR) is 83.6 cm³/mol. The molecule has 0 fully saturated rings. The minimum atomic E-state index is -0.279. The zero-order chi connectivity index (χ0) is 15.1. The lowest BCUT2D eigenvalue weighted by molar-refractivity contribution is 0.628. The molecule has 0 aliphatic carbocycles. The third-order valence-corrected chi connectivity index (χ3v) is 3.61. The van der Waals surface area contributed by atoms with Crippen molar-refractivity contribution in [2.24, 2.45) is 7.05 Å². The molecule has 0 aliphatic heterocycles. The molecule has 0 aliphatic rings. The highest BCUT2D eigenvalue weighted by atomic mass is 35.5. The molecule has 0 unspecified atom stereocenters. The second-order valence-electron chi connectivity index (χ2n) is 4.94. The maximum atomic E-state index is 13.0. The van der Waals surface area contributed by atoms with Gasteiger partial charge in [-0.2, -0.15) is 0 Å². The number of nitrogens with zero attached hydrogens (tertiary/aromatic N) is 3. The molecular weight excluding hydrogens is 289 g/mol. The van der Waals surface area contributed by atoms with Crippen LogP contribution < -0.4 is 0 Å². The Hall–Kier alpha value is -2.20. The standard InChI is InChI=1S/C16H13ClFN3/c1-9(2)13-8-12(17)14-16(19-13)21(3)15(20-14)10-4-6-11(18)7-5-10/h4-8H,1H2,2-3H3. The van der Waals surface area contributed by atoms with E-state index < -0.39 is 0 Å². The summed E-state index contributed by atoms with van der Waals surface area (Å²) in [5.74, 6) is 0.413. The first-order valence-electron chi connectivity index (χ1n) is 6.42. The second-order valence-corrected chi connectivity index (χ2v) is 5.35. The molecule has 3 rings (SSSR count). The van der Waals surface area contributed by atoms with Crippen LogP contribution in [-0.2, 0) is 7.05 Å². The van der Waals surface area contributed by atoms with E-state index in [9.17, 15) is 4.39 Å². The smallest absolute Gasteiger partial charge is 0.162 e. The molecule has 0 atom stereocenters. The lowest BCUT2D eigenvalue weighted by Crippen LogP contribution is -1.95. The van der Waals surface area contributed by atoms with Crippen LogP contribution >= 0.6 is 11.6 Å². The van der Waals surface area contributed by atoms with Gasteiger partial charge in [0.05, 0.1) is 10.7 Å². The molecule has 0 bridgehead atoms. The predicted octanol–water partition coefficient (Wildman–Crippen LogP) is 4.46. The van der Waals surface area contributed by atoms with Gasteiger partial charge < -0.3 is 4.57 Å². The van der Waals surface area contributed by atoms with Crippen molar-refractivity contribution < 1.29 is 4.39 Å². The van der Waals surface area contributed by atoms with Gasteiger partial charge in [-0.25, -0.2) is 14.4 Å². The van der Waals surface area contributed by atoms with Crippen LogP contribution in [0.15, 0.2) is 36.9 Å². The Balaban J connectivity index is 2.26. The first-order valence-corrected chi connectivity index (χ1v) is 6.80. The summed E-state index contributed by atoms with van der Waals surface area (Å²) in [7, 11) is 1.86. The Labute approximate surface area is 126 Å². The molecule has 21 heavy (non-hydrogen) atoms. The van der Waals surface area contributed by atoms with E-state index in [-0.39, 0.29) is 5.82 Å². The summed E-state index contributed by atoms with van der Waals surface area (Å²) in [4.78, 5) is 9.07. The maximum Gasteiger partial charge on any atom is 0.162 e. The van der Waals surface area contributed by atoms with Crippen molar-refractivity contribution >= 4 is 28.3 Å². The Kier molecular flexibility index (Phi) is 3.26. The van der Waals surface area contributed by atoms with Gasteiger partial charge in [-0.3, -0.25) is 0 Å². The van der Waals surface area contributed by atoms with Crippen LogP contribution in [0.2, 0.25) is 5.02 Å². The van der Waals surface area contributed by atoms with Crippen LogP contribution in [0.5, 0.6) is 0 Å². The molecule has 0 amide bonds. The van der Waals surface area contributed by atoms with Crippen molar-refractivity contribution in [3.05, 3.63) is 53.4 Å². The van der Waals surface area contributed by atoms with Gasteiger partial charge in [0.1, 0.15) is 17.2 Å². The molecule has 5 heteroatoms. The molecule has 0 radical (unpaired) electrons. The summed E-state index contributed by atoms with van der Waals surface area (Å²) in [6.45, 7) is 5.76. The van der Waals surface area contributed by atoms with E-state index in [2.05, 4.69) is 16.5 Å². The monoisotopic (exact) mass is 301 g/mol. The van der Waals surface area contributed by atoms with E-state index in [1.807, 2.05) is 18.5 Å². The highest BCUT2D eigenvalue weighted by molar-refractivity contribution is 6.35. The molecule has 0 spiro atoms. The minimum absolute atomic E-state index is 0.279. The molecule has 0 saturated carbocycles. The Bertz CT molecular complexity index is 850. The quantitative estimate of drug-likeness (QED) is 0.699. The molecule has 0 N–H and O–H groups in total. The second kappa shape index (κ2) is 4.97. The number of halogens is 2. The Morgan fingerprint density at radius 2 is 1.90 bits per heavy atom. The zero-order valence-corrected chi connectivity index (χ0v) is 12.4. The van der Waals surface area contributed by atoms with Crippen LogP contribution in [0.4, 0.5) is 4.39 Å². The van der Waals surface area contributed by atoms with Gasteiger partial charge in [-0.15, -0.1) is 0 Å². The van der Waals surface area contributed by atoms with Crippen LogP contribution in [0.1, 0.15) is 12.6 Å². The van der Waals surface area contributed by atoms with Gasteiger partial charge >= 0.3 is 0 Å². The van der Waals surface area contributed by atoms with Crippen molar-refractivity contribution in [1.29, 1.82) is 0 Å². The molecule has 0 saturated heterocycles. The number of rotatable bonds is 2. The maximum absolute atomic E-state index is 13.0. The molecular formula is C16H13ClFN3. The van der Waals surface area contributed by atoms with Crippen molar-refractivity contribution in [3.63, 3.8) is 0 Å². The highest BCUT2D eigenvalue weighted by Crippen LogP contribution is 2.29. The number of pyridine rings is 1. The van der Waals surface area contributed by atoms with Gasteiger partial charge in [0.25, 0.3) is 0 Å². The topological polar surface area (TPSA) is 30.7 Å². The fourth-order valence-electron chi connectivity index (χ4n) is 2.19. The molecule has 3 nitrogen and oxygen atoms in total. The summed E-state index contributed by atoms with van der Waals surface area (Å²) in [6, 6.07) is 7.94. The van der Waals surface area contributed by atoms with E-state index in [0.717, 1.165) is 16.8 Å². The lowest BCUT2D eigenvalue weighted by Gasteiger charge is -2.03. The first-order chi connectivity index (χ1) is 9.97. The third kappa shape index (κ3) is 2.32. The Morgan fingerprint density at radius 1 is 1.24 bits per heavy atom. The number of aryl methyl sites for hydroxylation is 1. The van der Waals surface area contributed by atoms with E-state index in [4.69, 9.17) is 11.6 Å². The highest BCUT2D eigenvalue weighted by Gasteiger charge is 2.15. The van der Waals surface area contributed by atoms with E-state index >= 15 is 0 Å². The summed E-state index contributed by atoms with van der Waals surface area (Å²) in [5, 5.41) is 0.530. The average Bonchev–Trinajstić information content (AvgIpc) is 2.78. The van der Waals surface area contributed by atoms with E-state index in [0.29, 0.717) is 22.0 Å². The largest absolute Gasteiger partial charge is 0.312 e. The van der Waals surface area contributed by atoms with Crippen LogP contribution in [-0.4, -0.2) is 14.5 Å². The fourth-order valence-corrected chi connectivity index (χ4v) is 2.42. The fraction of sp³-hybridized carbons (Fsp3) is 0.125. The normalized spacial score (nSPS) is 11.0. The molecule has 2 heterocycles. The number of hydrogen-bond acceptors (Lipinski definition) is 2. The van der Waals surface area contributed by atoms with Crippen LogP contribution in [0, 0.1) is 5.82 Å². The zero-order valence-electron chi connectivity index (χ0n) is 11.7. The van der Waals surface area contributed by atoms with Gasteiger partial charge in [0, 0.05) is 12.6 Å². The number of allylic oxidation sites excluding steroid dienone is 1. The molecule has 2 aromatic heterocycles. The minimum Gasteiger partial charge on any atom is -0.312 e.